The highest BCUT2D eigenvalue weighted by atomic mass is 16.3. The van der Waals surface area contributed by atoms with Crippen LogP contribution in [-0.4, -0.2) is 34.6 Å². The van der Waals surface area contributed by atoms with E-state index in [1.165, 1.54) is 0 Å². The first-order valence-electron chi connectivity index (χ1n) is 5.97. The molecule has 17 heavy (non-hydrogen) atoms. The lowest BCUT2D eigenvalue weighted by molar-refractivity contribution is -0.155. The molecule has 88 valence electrons. The largest absolute Gasteiger partial charge is 0.391 e. The quantitative estimate of drug-likeness (QED) is 0.582. The number of carbonyl (C=O) groups is 1. The average molecular weight is 229 g/mol. The number of aliphatic hydroxyl groups excluding tert-OH is 1. The van der Waals surface area contributed by atoms with Gasteiger partial charge in [0.1, 0.15) is 0 Å². The second-order valence-electron chi connectivity index (χ2n) is 4.64. The number of carbonyl (C=O) groups excluding carboxylic acids is 1. The van der Waals surface area contributed by atoms with Crippen molar-refractivity contribution in [2.24, 2.45) is 0 Å². The average Bonchev–Trinajstić information content (AvgIpc) is 2.51. The van der Waals surface area contributed by atoms with Crippen LogP contribution < -0.4 is 0 Å². The van der Waals surface area contributed by atoms with Crippen LogP contribution in [-0.2, 0) is 4.79 Å². The smallest absolute Gasteiger partial charge is 0.232 e. The molecule has 0 saturated carbocycles. The maximum absolute atomic E-state index is 12.1. The van der Waals surface area contributed by atoms with Crippen molar-refractivity contribution in [3.63, 3.8) is 0 Å². The van der Waals surface area contributed by atoms with E-state index in [0.29, 0.717) is 13.0 Å². The van der Waals surface area contributed by atoms with Crippen LogP contribution in [0.15, 0.2) is 42.5 Å². The zero-order valence-corrected chi connectivity index (χ0v) is 9.49. The number of hydrogen-bond donors (Lipinski definition) is 1. The van der Waals surface area contributed by atoms with Gasteiger partial charge in [-0.1, -0.05) is 42.5 Å². The minimum Gasteiger partial charge on any atom is -0.391 e. The maximum atomic E-state index is 12.1. The van der Waals surface area contributed by atoms with Gasteiger partial charge in [-0.05, 0) is 12.0 Å². The van der Waals surface area contributed by atoms with Crippen molar-refractivity contribution in [2.45, 2.75) is 24.5 Å². The Labute approximate surface area is 100 Å². The number of β-lactam (4-membered cyclic amide) rings is 1. The summed E-state index contributed by atoms with van der Waals surface area (Å²) in [6.45, 7) is 0.629. The van der Waals surface area contributed by atoms with Crippen molar-refractivity contribution < 1.29 is 9.90 Å². The third kappa shape index (κ3) is 1.58. The number of fused-ring (bicyclic) bond motifs is 1. The standard InChI is InChI=1S/C14H15NO2/c16-11-8-4-5-9-15-13(11)12(14(15)17)10-6-2-1-3-7-10/h1-7,11-13,16H,8-9H2/t11?,12-,13-/m1/s1. The summed E-state index contributed by atoms with van der Waals surface area (Å²) < 4.78 is 0. The first-order chi connectivity index (χ1) is 8.29. The predicted octanol–water partition coefficient (Wildman–Crippen LogP) is 1.30. The molecule has 2 aliphatic heterocycles. The zero-order valence-electron chi connectivity index (χ0n) is 9.49. The molecule has 3 heteroatoms. The van der Waals surface area contributed by atoms with Crippen molar-refractivity contribution >= 4 is 5.91 Å². The molecule has 3 rings (SSSR count). The van der Waals surface area contributed by atoms with Crippen LogP contribution in [0.25, 0.3) is 0 Å². The van der Waals surface area contributed by atoms with E-state index in [-0.39, 0.29) is 17.9 Å². The summed E-state index contributed by atoms with van der Waals surface area (Å²) in [5, 5.41) is 10.1. The highest BCUT2D eigenvalue weighted by Gasteiger charge is 2.50. The Morgan fingerprint density at radius 2 is 1.94 bits per heavy atom. The lowest BCUT2D eigenvalue weighted by Gasteiger charge is -2.48. The van der Waals surface area contributed by atoms with E-state index in [1.807, 2.05) is 42.5 Å². The number of hydrogen-bond acceptors (Lipinski definition) is 2. The second kappa shape index (κ2) is 4.00. The fourth-order valence-corrected chi connectivity index (χ4v) is 2.77. The Balaban J connectivity index is 1.91. The van der Waals surface area contributed by atoms with Crippen LogP contribution in [0.2, 0.25) is 0 Å². The third-order valence-corrected chi connectivity index (χ3v) is 3.65. The molecule has 1 aromatic carbocycles. The van der Waals surface area contributed by atoms with E-state index in [4.69, 9.17) is 0 Å². The van der Waals surface area contributed by atoms with E-state index < -0.39 is 6.10 Å². The van der Waals surface area contributed by atoms with E-state index in [9.17, 15) is 9.90 Å². The summed E-state index contributed by atoms with van der Waals surface area (Å²) in [6, 6.07) is 9.69. The van der Waals surface area contributed by atoms with Crippen molar-refractivity contribution in [1.29, 1.82) is 0 Å². The summed E-state index contributed by atoms with van der Waals surface area (Å²) in [5.74, 6) is -0.0297. The molecule has 2 heterocycles. The summed E-state index contributed by atoms with van der Waals surface area (Å²) in [6.07, 6.45) is 4.11. The van der Waals surface area contributed by atoms with Gasteiger partial charge in [0.2, 0.25) is 5.91 Å². The van der Waals surface area contributed by atoms with Gasteiger partial charge in [0.15, 0.2) is 0 Å². The zero-order chi connectivity index (χ0) is 11.8. The van der Waals surface area contributed by atoms with Gasteiger partial charge < -0.3 is 10.0 Å². The minimum atomic E-state index is -0.448. The summed E-state index contributed by atoms with van der Waals surface area (Å²) in [5.41, 5.74) is 1.01. The molecule has 1 saturated heterocycles. The fourth-order valence-electron chi connectivity index (χ4n) is 2.77. The van der Waals surface area contributed by atoms with Crippen molar-refractivity contribution in [1.82, 2.24) is 4.90 Å². The Hall–Kier alpha value is -1.61. The molecule has 1 N–H and O–H groups in total. The van der Waals surface area contributed by atoms with Crippen LogP contribution >= 0.6 is 0 Å². The molecule has 1 fully saturated rings. The fraction of sp³-hybridized carbons (Fsp3) is 0.357. The molecule has 3 atom stereocenters. The SMILES string of the molecule is O=C1[C@H](c2ccccc2)[C@H]2C(O)CC=CCN12. The van der Waals surface area contributed by atoms with Crippen LogP contribution in [0.3, 0.4) is 0 Å². The van der Waals surface area contributed by atoms with Gasteiger partial charge in [-0.15, -0.1) is 0 Å². The topological polar surface area (TPSA) is 40.5 Å². The van der Waals surface area contributed by atoms with E-state index in [1.54, 1.807) is 4.90 Å². The monoisotopic (exact) mass is 229 g/mol. The van der Waals surface area contributed by atoms with Gasteiger partial charge in [0.05, 0.1) is 18.1 Å². The molecule has 0 aliphatic carbocycles. The minimum absolute atomic E-state index is 0.0556. The predicted molar refractivity (Wildman–Crippen MR) is 64.4 cm³/mol. The molecule has 1 unspecified atom stereocenters. The Kier molecular flexibility index (Phi) is 2.48. The van der Waals surface area contributed by atoms with Crippen LogP contribution in [0.1, 0.15) is 17.9 Å². The van der Waals surface area contributed by atoms with E-state index >= 15 is 0 Å². The summed E-state index contributed by atoms with van der Waals surface area (Å²) in [7, 11) is 0. The Bertz CT molecular complexity index is 455. The second-order valence-corrected chi connectivity index (χ2v) is 4.64. The highest BCUT2D eigenvalue weighted by molar-refractivity contribution is 5.91. The van der Waals surface area contributed by atoms with Gasteiger partial charge in [0.25, 0.3) is 0 Å². The van der Waals surface area contributed by atoms with E-state index in [2.05, 4.69) is 0 Å². The number of nitrogens with zero attached hydrogens (tertiary/aromatic N) is 1. The van der Waals surface area contributed by atoms with Crippen molar-refractivity contribution in [2.75, 3.05) is 6.54 Å². The molecular weight excluding hydrogens is 214 g/mol. The van der Waals surface area contributed by atoms with Gasteiger partial charge in [0, 0.05) is 6.54 Å². The first kappa shape index (κ1) is 10.5. The van der Waals surface area contributed by atoms with E-state index in [0.717, 1.165) is 5.56 Å². The Morgan fingerprint density at radius 3 is 2.71 bits per heavy atom. The molecule has 1 aromatic rings. The number of benzene rings is 1. The van der Waals surface area contributed by atoms with Gasteiger partial charge >= 0.3 is 0 Å². The normalized spacial score (nSPS) is 31.7. The van der Waals surface area contributed by atoms with Gasteiger partial charge in [-0.2, -0.15) is 0 Å². The number of amides is 1. The maximum Gasteiger partial charge on any atom is 0.232 e. The molecule has 1 amide bonds. The lowest BCUT2D eigenvalue weighted by Crippen LogP contribution is -2.63. The third-order valence-electron chi connectivity index (χ3n) is 3.65. The molecule has 0 bridgehead atoms. The van der Waals surface area contributed by atoms with Crippen LogP contribution in [0, 0.1) is 0 Å². The van der Waals surface area contributed by atoms with Crippen LogP contribution in [0.5, 0.6) is 0 Å². The van der Waals surface area contributed by atoms with Gasteiger partial charge in [-0.3, -0.25) is 4.79 Å². The Morgan fingerprint density at radius 1 is 1.18 bits per heavy atom. The van der Waals surface area contributed by atoms with Crippen molar-refractivity contribution in [3.05, 3.63) is 48.0 Å². The molecule has 0 aromatic heterocycles. The van der Waals surface area contributed by atoms with Gasteiger partial charge in [-0.25, -0.2) is 0 Å². The highest BCUT2D eigenvalue weighted by Crippen LogP contribution is 2.39. The molecule has 2 aliphatic rings. The van der Waals surface area contributed by atoms with Crippen LogP contribution in [0.4, 0.5) is 0 Å². The molecule has 0 spiro atoms. The lowest BCUT2D eigenvalue weighted by atomic mass is 9.78. The summed E-state index contributed by atoms with van der Waals surface area (Å²) in [4.78, 5) is 13.8. The molecular formula is C14H15NO2. The molecule has 0 radical (unpaired) electrons. The number of aliphatic hydroxyl groups is 1. The van der Waals surface area contributed by atoms with Crippen molar-refractivity contribution in [3.8, 4) is 0 Å². The first-order valence-corrected chi connectivity index (χ1v) is 5.97. The summed E-state index contributed by atoms with van der Waals surface area (Å²) >= 11 is 0. The number of rotatable bonds is 1. The molecule has 3 nitrogen and oxygen atoms in total.